The van der Waals surface area contributed by atoms with Crippen molar-refractivity contribution in [2.24, 2.45) is 11.8 Å². The minimum atomic E-state index is 0.420. The Labute approximate surface area is 87.6 Å². The molecule has 2 aliphatic carbocycles. The summed E-state index contributed by atoms with van der Waals surface area (Å²) in [5.74, 6) is 2.87. The first-order valence-corrected chi connectivity index (χ1v) is 5.76. The molecule has 0 bridgehead atoms. The van der Waals surface area contributed by atoms with E-state index in [1.807, 2.05) is 4.68 Å². The predicted molar refractivity (Wildman–Crippen MR) is 51.9 cm³/mol. The number of aromatic nitrogens is 4. The van der Waals surface area contributed by atoms with Gasteiger partial charge in [-0.25, -0.2) is 4.68 Å². The Morgan fingerprint density at radius 1 is 1.29 bits per heavy atom. The third-order valence-corrected chi connectivity index (χ3v) is 3.41. The van der Waals surface area contributed by atoms with Gasteiger partial charge >= 0.3 is 0 Å². The van der Waals surface area contributed by atoms with Gasteiger partial charge in [-0.3, -0.25) is 0 Å². The van der Waals surface area contributed by atoms with Gasteiger partial charge < -0.3 is 0 Å². The maximum absolute atomic E-state index is 5.80. The SMILES string of the molecule is ClCc1nnnn1C(C1CC1)C1CC1. The topological polar surface area (TPSA) is 43.6 Å². The Bertz CT molecular complexity index is 317. The van der Waals surface area contributed by atoms with Gasteiger partial charge in [-0.2, -0.15) is 0 Å². The average molecular weight is 213 g/mol. The van der Waals surface area contributed by atoms with Crippen molar-refractivity contribution >= 4 is 11.6 Å². The molecule has 0 radical (unpaired) electrons. The molecule has 1 aromatic heterocycles. The van der Waals surface area contributed by atoms with E-state index >= 15 is 0 Å². The number of tetrazole rings is 1. The third-order valence-electron chi connectivity index (χ3n) is 3.17. The summed E-state index contributed by atoms with van der Waals surface area (Å²) in [5.41, 5.74) is 0. The first-order valence-electron chi connectivity index (χ1n) is 5.23. The first-order chi connectivity index (χ1) is 6.90. The van der Waals surface area contributed by atoms with Crippen LogP contribution in [0.4, 0.5) is 0 Å². The second kappa shape index (κ2) is 3.19. The number of rotatable bonds is 4. The van der Waals surface area contributed by atoms with E-state index in [2.05, 4.69) is 15.5 Å². The van der Waals surface area contributed by atoms with Gasteiger partial charge in [0, 0.05) is 0 Å². The van der Waals surface area contributed by atoms with Crippen molar-refractivity contribution in [3.05, 3.63) is 5.82 Å². The molecule has 1 heterocycles. The Kier molecular flexibility index (Phi) is 1.97. The van der Waals surface area contributed by atoms with E-state index in [9.17, 15) is 0 Å². The molecular formula is C9H13ClN4. The van der Waals surface area contributed by atoms with Crippen molar-refractivity contribution in [2.75, 3.05) is 0 Å². The fourth-order valence-electron chi connectivity index (χ4n) is 2.19. The van der Waals surface area contributed by atoms with E-state index in [4.69, 9.17) is 11.6 Å². The van der Waals surface area contributed by atoms with Crippen LogP contribution in [-0.4, -0.2) is 20.2 Å². The van der Waals surface area contributed by atoms with Crippen LogP contribution in [-0.2, 0) is 5.88 Å². The van der Waals surface area contributed by atoms with Crippen molar-refractivity contribution < 1.29 is 0 Å². The molecule has 0 N–H and O–H groups in total. The Morgan fingerprint density at radius 3 is 2.43 bits per heavy atom. The van der Waals surface area contributed by atoms with Crippen LogP contribution in [0.2, 0.25) is 0 Å². The van der Waals surface area contributed by atoms with Gasteiger partial charge in [0.05, 0.1) is 11.9 Å². The molecular weight excluding hydrogens is 200 g/mol. The number of halogens is 1. The van der Waals surface area contributed by atoms with Crippen LogP contribution >= 0.6 is 11.6 Å². The van der Waals surface area contributed by atoms with E-state index in [0.717, 1.165) is 17.7 Å². The van der Waals surface area contributed by atoms with Crippen LogP contribution in [0.5, 0.6) is 0 Å². The lowest BCUT2D eigenvalue weighted by atomic mass is 10.1. The zero-order chi connectivity index (χ0) is 9.54. The highest BCUT2D eigenvalue weighted by Crippen LogP contribution is 2.51. The highest BCUT2D eigenvalue weighted by atomic mass is 35.5. The standard InChI is InChI=1S/C9H13ClN4/c10-5-8-11-12-13-14(8)9(6-1-2-6)7-3-4-7/h6-7,9H,1-5H2. The van der Waals surface area contributed by atoms with Crippen LogP contribution in [0.1, 0.15) is 37.5 Å². The lowest BCUT2D eigenvalue weighted by molar-refractivity contribution is 0.346. The van der Waals surface area contributed by atoms with Crippen molar-refractivity contribution in [2.45, 2.75) is 37.6 Å². The average Bonchev–Trinajstić information content (AvgIpc) is 3.07. The van der Waals surface area contributed by atoms with Gasteiger partial charge in [-0.05, 0) is 47.9 Å². The summed E-state index contributed by atoms with van der Waals surface area (Å²) < 4.78 is 1.97. The summed E-state index contributed by atoms with van der Waals surface area (Å²) in [5, 5.41) is 11.7. The van der Waals surface area contributed by atoms with E-state index in [1.54, 1.807) is 0 Å². The molecule has 0 unspecified atom stereocenters. The zero-order valence-electron chi connectivity index (χ0n) is 7.93. The van der Waals surface area contributed by atoms with Gasteiger partial charge in [-0.1, -0.05) is 0 Å². The van der Waals surface area contributed by atoms with Crippen LogP contribution in [0.25, 0.3) is 0 Å². The maximum atomic E-state index is 5.80. The molecule has 76 valence electrons. The maximum Gasteiger partial charge on any atom is 0.166 e. The van der Waals surface area contributed by atoms with Crippen LogP contribution in [0, 0.1) is 11.8 Å². The molecule has 0 spiro atoms. The van der Waals surface area contributed by atoms with Crippen molar-refractivity contribution in [1.29, 1.82) is 0 Å². The van der Waals surface area contributed by atoms with Crippen molar-refractivity contribution in [1.82, 2.24) is 20.2 Å². The minimum absolute atomic E-state index is 0.420. The molecule has 14 heavy (non-hydrogen) atoms. The minimum Gasteiger partial charge on any atom is -0.225 e. The van der Waals surface area contributed by atoms with Crippen LogP contribution < -0.4 is 0 Å². The van der Waals surface area contributed by atoms with Gasteiger partial charge in [0.15, 0.2) is 5.82 Å². The van der Waals surface area contributed by atoms with E-state index in [0.29, 0.717) is 11.9 Å². The molecule has 4 nitrogen and oxygen atoms in total. The molecule has 2 aliphatic rings. The summed E-state index contributed by atoms with van der Waals surface area (Å²) >= 11 is 5.80. The summed E-state index contributed by atoms with van der Waals surface area (Å²) in [6.07, 6.45) is 5.34. The van der Waals surface area contributed by atoms with Crippen molar-refractivity contribution in [3.8, 4) is 0 Å². The van der Waals surface area contributed by atoms with Crippen molar-refractivity contribution in [3.63, 3.8) is 0 Å². The molecule has 2 saturated carbocycles. The van der Waals surface area contributed by atoms with Crippen LogP contribution in [0.15, 0.2) is 0 Å². The first kappa shape index (κ1) is 8.65. The third kappa shape index (κ3) is 1.41. The zero-order valence-corrected chi connectivity index (χ0v) is 8.69. The molecule has 1 aromatic rings. The second-order valence-electron chi connectivity index (χ2n) is 4.34. The Morgan fingerprint density at radius 2 is 1.93 bits per heavy atom. The Balaban J connectivity index is 1.89. The highest BCUT2D eigenvalue weighted by molar-refractivity contribution is 6.16. The van der Waals surface area contributed by atoms with E-state index in [-0.39, 0.29) is 0 Å². The quantitative estimate of drug-likeness (QED) is 0.715. The van der Waals surface area contributed by atoms with E-state index in [1.165, 1.54) is 25.7 Å². The Hall–Kier alpha value is -0.640. The lowest BCUT2D eigenvalue weighted by Gasteiger charge is -2.16. The largest absolute Gasteiger partial charge is 0.225 e. The number of alkyl halides is 1. The molecule has 0 aliphatic heterocycles. The summed E-state index contributed by atoms with van der Waals surface area (Å²) in [6.45, 7) is 0. The molecule has 0 atom stereocenters. The molecule has 0 amide bonds. The fourth-order valence-corrected chi connectivity index (χ4v) is 2.37. The number of hydrogen-bond donors (Lipinski definition) is 0. The predicted octanol–water partition coefficient (Wildman–Crippen LogP) is 1.77. The molecule has 0 saturated heterocycles. The summed E-state index contributed by atoms with van der Waals surface area (Å²) in [7, 11) is 0. The fraction of sp³-hybridized carbons (Fsp3) is 0.889. The summed E-state index contributed by atoms with van der Waals surface area (Å²) in [6, 6.07) is 0.541. The van der Waals surface area contributed by atoms with Gasteiger partial charge in [0.1, 0.15) is 0 Å². The smallest absolute Gasteiger partial charge is 0.166 e. The molecule has 0 aromatic carbocycles. The highest BCUT2D eigenvalue weighted by Gasteiger charge is 2.44. The monoisotopic (exact) mass is 212 g/mol. The van der Waals surface area contributed by atoms with Gasteiger partial charge in [0.25, 0.3) is 0 Å². The van der Waals surface area contributed by atoms with Gasteiger partial charge in [-0.15, -0.1) is 16.7 Å². The van der Waals surface area contributed by atoms with Gasteiger partial charge in [0.2, 0.25) is 0 Å². The molecule has 3 rings (SSSR count). The number of nitrogens with zero attached hydrogens (tertiary/aromatic N) is 4. The molecule has 2 fully saturated rings. The lowest BCUT2D eigenvalue weighted by Crippen LogP contribution is -2.17. The number of hydrogen-bond acceptors (Lipinski definition) is 3. The van der Waals surface area contributed by atoms with Crippen LogP contribution in [0.3, 0.4) is 0 Å². The second-order valence-corrected chi connectivity index (χ2v) is 4.61. The summed E-state index contributed by atoms with van der Waals surface area (Å²) in [4.78, 5) is 0. The van der Waals surface area contributed by atoms with E-state index < -0.39 is 0 Å². The normalized spacial score (nSPS) is 21.9. The molecule has 5 heteroatoms.